The van der Waals surface area contributed by atoms with Gasteiger partial charge in [0.2, 0.25) is 5.90 Å². The maximum Gasteiger partial charge on any atom is 0.202 e. The smallest absolute Gasteiger partial charge is 0.202 e. The second-order valence-electron chi connectivity index (χ2n) is 7.99. The maximum absolute atomic E-state index is 11.7. The second kappa shape index (κ2) is 7.87. The number of hydrazone groups is 1. The van der Waals surface area contributed by atoms with E-state index in [1.165, 1.54) is 12.6 Å². The molecule has 29 heavy (non-hydrogen) atoms. The van der Waals surface area contributed by atoms with E-state index in [0.29, 0.717) is 11.9 Å². The van der Waals surface area contributed by atoms with Crippen LogP contribution in [-0.4, -0.2) is 69.4 Å². The van der Waals surface area contributed by atoms with Crippen LogP contribution in [0.3, 0.4) is 0 Å². The Kier molecular flexibility index (Phi) is 5.44. The molecule has 0 N–H and O–H groups in total. The molecule has 0 saturated carbocycles. The van der Waals surface area contributed by atoms with Gasteiger partial charge >= 0.3 is 0 Å². The fourth-order valence-corrected chi connectivity index (χ4v) is 4.52. The highest BCUT2D eigenvalue weighted by Crippen LogP contribution is 2.30. The van der Waals surface area contributed by atoms with E-state index in [1.807, 2.05) is 6.21 Å². The largest absolute Gasteiger partial charge is 0.477 e. The third-order valence-corrected chi connectivity index (χ3v) is 6.77. The van der Waals surface area contributed by atoms with Crippen LogP contribution in [0.5, 0.6) is 0 Å². The number of likely N-dealkylation sites (tertiary alicyclic amines) is 1. The van der Waals surface area contributed by atoms with Crippen molar-refractivity contribution in [1.29, 1.82) is 0 Å². The molecule has 0 aliphatic carbocycles. The fourth-order valence-electron chi connectivity index (χ4n) is 3.89. The van der Waals surface area contributed by atoms with Crippen molar-refractivity contribution >= 4 is 34.0 Å². The zero-order valence-electron chi connectivity index (χ0n) is 17.0. The van der Waals surface area contributed by atoms with Crippen molar-refractivity contribution in [3.63, 3.8) is 0 Å². The van der Waals surface area contributed by atoms with E-state index >= 15 is 0 Å². The normalized spacial score (nSPS) is 25.4. The van der Waals surface area contributed by atoms with Crippen LogP contribution in [0, 0.1) is 5.92 Å². The number of fused-ring (bicyclic) bond motifs is 1. The molecule has 9 heteroatoms. The first kappa shape index (κ1) is 20.0. The quantitative estimate of drug-likeness (QED) is 0.749. The van der Waals surface area contributed by atoms with Crippen LogP contribution < -0.4 is 5.01 Å². The Bertz CT molecular complexity index is 931. The van der Waals surface area contributed by atoms with Gasteiger partial charge in [0.1, 0.15) is 18.4 Å². The molecular formula is C20H27N5O3S. The Hall–Kier alpha value is -2.26. The average Bonchev–Trinajstić information content (AvgIpc) is 3.13. The zero-order valence-corrected chi connectivity index (χ0v) is 17.8. The van der Waals surface area contributed by atoms with Gasteiger partial charge in [-0.15, -0.1) is 0 Å². The van der Waals surface area contributed by atoms with Gasteiger partial charge < -0.3 is 9.64 Å². The van der Waals surface area contributed by atoms with Crippen LogP contribution in [-0.2, 0) is 14.6 Å². The number of nitrogens with zero attached hydrogens (tertiary/aromatic N) is 5. The number of hydrogen-bond donors (Lipinski definition) is 0. The lowest BCUT2D eigenvalue weighted by atomic mass is 10.0. The van der Waals surface area contributed by atoms with Crippen molar-refractivity contribution in [2.45, 2.75) is 49.9 Å². The van der Waals surface area contributed by atoms with Gasteiger partial charge in [-0.05, 0) is 51.0 Å². The van der Waals surface area contributed by atoms with Crippen molar-refractivity contribution in [1.82, 2.24) is 4.90 Å². The molecule has 2 unspecified atom stereocenters. The first-order valence-corrected chi connectivity index (χ1v) is 11.9. The Morgan fingerprint density at radius 2 is 1.83 bits per heavy atom. The summed E-state index contributed by atoms with van der Waals surface area (Å²) in [5.74, 6) is 0.518. The molecule has 4 rings (SSSR count). The number of aliphatic imine (C=N–C) groups is 2. The van der Waals surface area contributed by atoms with Gasteiger partial charge in [0.25, 0.3) is 0 Å². The molecule has 3 aliphatic rings. The molecule has 1 saturated heterocycles. The van der Waals surface area contributed by atoms with Gasteiger partial charge in [0, 0.05) is 31.6 Å². The number of rotatable bonds is 4. The highest BCUT2D eigenvalue weighted by Gasteiger charge is 2.39. The van der Waals surface area contributed by atoms with Gasteiger partial charge in [-0.1, -0.05) is 0 Å². The molecule has 3 heterocycles. The van der Waals surface area contributed by atoms with Crippen LogP contribution in [0.15, 0.2) is 44.2 Å². The molecule has 3 aliphatic heterocycles. The Morgan fingerprint density at radius 3 is 2.45 bits per heavy atom. The van der Waals surface area contributed by atoms with Crippen LogP contribution in [0.25, 0.3) is 0 Å². The summed E-state index contributed by atoms with van der Waals surface area (Å²) >= 11 is 0. The van der Waals surface area contributed by atoms with E-state index in [0.717, 1.165) is 31.6 Å². The van der Waals surface area contributed by atoms with Crippen molar-refractivity contribution in [2.75, 3.05) is 24.4 Å². The summed E-state index contributed by atoms with van der Waals surface area (Å²) in [5.41, 5.74) is 0.782. The van der Waals surface area contributed by atoms with Crippen molar-refractivity contribution in [3.05, 3.63) is 24.3 Å². The van der Waals surface area contributed by atoms with E-state index in [4.69, 9.17) is 4.74 Å². The molecule has 0 spiro atoms. The molecular weight excluding hydrogens is 390 g/mol. The Balaban J connectivity index is 1.42. The molecule has 156 valence electrons. The van der Waals surface area contributed by atoms with Gasteiger partial charge in [-0.3, -0.25) is 0 Å². The number of anilines is 1. The first-order valence-electron chi connectivity index (χ1n) is 9.96. The minimum atomic E-state index is -3.23. The fraction of sp³-hybridized carbons (Fsp3) is 0.550. The molecule has 8 nitrogen and oxygen atoms in total. The minimum Gasteiger partial charge on any atom is -0.477 e. The van der Waals surface area contributed by atoms with E-state index in [1.54, 1.807) is 29.3 Å². The van der Waals surface area contributed by atoms with E-state index in [2.05, 4.69) is 33.8 Å². The zero-order chi connectivity index (χ0) is 20.6. The summed E-state index contributed by atoms with van der Waals surface area (Å²) in [6.45, 7) is 6.51. The predicted octanol–water partition coefficient (Wildman–Crippen LogP) is 2.17. The van der Waals surface area contributed by atoms with Crippen LogP contribution >= 0.6 is 0 Å². The number of piperidine rings is 1. The van der Waals surface area contributed by atoms with Gasteiger partial charge in [0.05, 0.1) is 10.6 Å². The predicted molar refractivity (Wildman–Crippen MR) is 115 cm³/mol. The first-order chi connectivity index (χ1) is 13.8. The SMILES string of the molecule is CC(C)N1CCC(OC2=NC=NC3C2C=NN3c2ccc(S(C)(=O)=O)cc2)CC1. The van der Waals surface area contributed by atoms with Crippen molar-refractivity contribution in [2.24, 2.45) is 21.0 Å². The molecule has 2 atom stereocenters. The summed E-state index contributed by atoms with van der Waals surface area (Å²) < 4.78 is 29.6. The maximum atomic E-state index is 11.7. The molecule has 0 amide bonds. The number of benzene rings is 1. The summed E-state index contributed by atoms with van der Waals surface area (Å²) in [5, 5.41) is 6.28. The van der Waals surface area contributed by atoms with Gasteiger partial charge in [0.15, 0.2) is 16.0 Å². The van der Waals surface area contributed by atoms with Crippen LogP contribution in [0.1, 0.15) is 26.7 Å². The van der Waals surface area contributed by atoms with E-state index in [9.17, 15) is 8.42 Å². The summed E-state index contributed by atoms with van der Waals surface area (Å²) in [6, 6.07) is 7.24. The third kappa shape index (κ3) is 4.20. The number of sulfone groups is 1. The minimum absolute atomic E-state index is 0.141. The highest BCUT2D eigenvalue weighted by atomic mass is 32.2. The molecule has 1 fully saturated rings. The summed E-state index contributed by atoms with van der Waals surface area (Å²) in [7, 11) is -3.23. The monoisotopic (exact) mass is 417 g/mol. The van der Waals surface area contributed by atoms with E-state index < -0.39 is 9.84 Å². The molecule has 0 radical (unpaired) electrons. The Labute approximate surface area is 171 Å². The number of ether oxygens (including phenoxy) is 1. The molecule has 0 aromatic heterocycles. The molecule has 1 aromatic rings. The lowest BCUT2D eigenvalue weighted by Crippen LogP contribution is -2.44. The lowest BCUT2D eigenvalue weighted by Gasteiger charge is -2.35. The van der Waals surface area contributed by atoms with Gasteiger partial charge in [-0.25, -0.2) is 23.4 Å². The van der Waals surface area contributed by atoms with E-state index in [-0.39, 0.29) is 23.1 Å². The summed E-state index contributed by atoms with van der Waals surface area (Å²) in [4.78, 5) is 11.6. The molecule has 0 bridgehead atoms. The van der Waals surface area contributed by atoms with Crippen LogP contribution in [0.2, 0.25) is 0 Å². The summed E-state index contributed by atoms with van der Waals surface area (Å²) in [6.07, 6.45) is 6.41. The Morgan fingerprint density at radius 1 is 1.14 bits per heavy atom. The topological polar surface area (TPSA) is 86.9 Å². The third-order valence-electron chi connectivity index (χ3n) is 5.64. The average molecular weight is 418 g/mol. The second-order valence-corrected chi connectivity index (χ2v) is 10.0. The standard InChI is InChI=1S/C20H27N5O3S/c1-14(2)24-10-8-16(9-11-24)28-20-18-12-23-25(19(18)21-13-22-20)15-4-6-17(7-5-15)29(3,26)27/h4-7,12-14,16,18-19H,8-11H2,1-3H3. The lowest BCUT2D eigenvalue weighted by molar-refractivity contribution is 0.0730. The van der Waals surface area contributed by atoms with Crippen molar-refractivity contribution in [3.8, 4) is 0 Å². The van der Waals surface area contributed by atoms with Gasteiger partial charge in [-0.2, -0.15) is 5.10 Å². The van der Waals surface area contributed by atoms with Crippen LogP contribution in [0.4, 0.5) is 5.69 Å². The van der Waals surface area contributed by atoms with Crippen molar-refractivity contribution < 1.29 is 13.2 Å². The molecule has 1 aromatic carbocycles. The highest BCUT2D eigenvalue weighted by molar-refractivity contribution is 7.90. The number of hydrogen-bond acceptors (Lipinski definition) is 8.